The van der Waals surface area contributed by atoms with Crippen LogP contribution in [0.1, 0.15) is 26.7 Å². The zero-order valence-electron chi connectivity index (χ0n) is 10.8. The number of rotatable bonds is 4. The maximum absolute atomic E-state index is 10.5. The molecule has 98 valence electrons. The molecule has 0 aliphatic carbocycles. The van der Waals surface area contributed by atoms with E-state index in [1.54, 1.807) is 0 Å². The van der Waals surface area contributed by atoms with Crippen LogP contribution in [0, 0.1) is 0 Å². The summed E-state index contributed by atoms with van der Waals surface area (Å²) in [5.41, 5.74) is -0.250. The molecule has 1 saturated heterocycles. The SMILES string of the molecule is CCC(C)(C(O)C1=CCCO1)N1CCOCC1. The van der Waals surface area contributed by atoms with E-state index in [1.807, 2.05) is 6.08 Å². The lowest BCUT2D eigenvalue weighted by atomic mass is 9.87. The molecule has 2 heterocycles. The van der Waals surface area contributed by atoms with E-state index in [9.17, 15) is 5.11 Å². The zero-order chi connectivity index (χ0) is 12.3. The smallest absolute Gasteiger partial charge is 0.129 e. The number of hydrogen-bond donors (Lipinski definition) is 1. The largest absolute Gasteiger partial charge is 0.495 e. The maximum Gasteiger partial charge on any atom is 0.129 e. The van der Waals surface area contributed by atoms with Gasteiger partial charge < -0.3 is 14.6 Å². The first-order valence-corrected chi connectivity index (χ1v) is 6.52. The van der Waals surface area contributed by atoms with E-state index in [1.165, 1.54) is 0 Å². The van der Waals surface area contributed by atoms with Gasteiger partial charge in [-0.25, -0.2) is 0 Å². The van der Waals surface area contributed by atoms with Crippen LogP contribution in [0.5, 0.6) is 0 Å². The van der Waals surface area contributed by atoms with Gasteiger partial charge in [0.25, 0.3) is 0 Å². The van der Waals surface area contributed by atoms with Crippen molar-refractivity contribution >= 4 is 0 Å². The van der Waals surface area contributed by atoms with Crippen molar-refractivity contribution in [3.05, 3.63) is 11.8 Å². The van der Waals surface area contributed by atoms with Crippen LogP contribution in [0.15, 0.2) is 11.8 Å². The van der Waals surface area contributed by atoms with Gasteiger partial charge in [0.15, 0.2) is 0 Å². The molecule has 1 fully saturated rings. The van der Waals surface area contributed by atoms with E-state index in [4.69, 9.17) is 9.47 Å². The van der Waals surface area contributed by atoms with Crippen molar-refractivity contribution in [1.82, 2.24) is 4.90 Å². The third-order valence-corrected chi connectivity index (χ3v) is 4.04. The van der Waals surface area contributed by atoms with Gasteiger partial charge in [0.05, 0.1) is 25.4 Å². The average Bonchev–Trinajstić information content (AvgIpc) is 2.92. The predicted molar refractivity (Wildman–Crippen MR) is 65.7 cm³/mol. The van der Waals surface area contributed by atoms with Crippen LogP contribution in [-0.4, -0.2) is 54.6 Å². The van der Waals surface area contributed by atoms with Crippen LogP contribution >= 0.6 is 0 Å². The summed E-state index contributed by atoms with van der Waals surface area (Å²) in [5.74, 6) is 0.751. The molecule has 2 atom stereocenters. The van der Waals surface area contributed by atoms with Gasteiger partial charge in [-0.15, -0.1) is 0 Å². The fourth-order valence-electron chi connectivity index (χ4n) is 2.60. The first-order valence-electron chi connectivity index (χ1n) is 6.52. The van der Waals surface area contributed by atoms with Crippen LogP contribution in [0.25, 0.3) is 0 Å². The van der Waals surface area contributed by atoms with E-state index < -0.39 is 6.10 Å². The summed E-state index contributed by atoms with van der Waals surface area (Å²) in [5, 5.41) is 10.5. The molecule has 0 aromatic carbocycles. The lowest BCUT2D eigenvalue weighted by Gasteiger charge is -2.45. The highest BCUT2D eigenvalue weighted by molar-refractivity contribution is 5.12. The summed E-state index contributed by atoms with van der Waals surface area (Å²) in [6, 6.07) is 0. The molecule has 0 aromatic rings. The van der Waals surface area contributed by atoms with Crippen LogP contribution < -0.4 is 0 Å². The molecule has 2 aliphatic rings. The Morgan fingerprint density at radius 1 is 1.41 bits per heavy atom. The van der Waals surface area contributed by atoms with Crippen molar-refractivity contribution in [2.45, 2.75) is 38.3 Å². The number of ether oxygens (including phenoxy) is 2. The van der Waals surface area contributed by atoms with Crippen molar-refractivity contribution < 1.29 is 14.6 Å². The van der Waals surface area contributed by atoms with Crippen LogP contribution in [0.2, 0.25) is 0 Å². The van der Waals surface area contributed by atoms with Gasteiger partial charge in [0.2, 0.25) is 0 Å². The molecule has 0 bridgehead atoms. The Labute approximate surface area is 103 Å². The Balaban J connectivity index is 2.10. The molecule has 2 unspecified atom stereocenters. The van der Waals surface area contributed by atoms with Crippen molar-refractivity contribution in [2.24, 2.45) is 0 Å². The first-order chi connectivity index (χ1) is 8.18. The lowest BCUT2D eigenvalue weighted by Crippen LogP contribution is -2.58. The molecule has 4 nitrogen and oxygen atoms in total. The second kappa shape index (κ2) is 5.38. The summed E-state index contributed by atoms with van der Waals surface area (Å²) in [6.07, 6.45) is 3.29. The minimum atomic E-state index is -0.534. The molecule has 0 spiro atoms. The summed E-state index contributed by atoms with van der Waals surface area (Å²) in [4.78, 5) is 2.32. The van der Waals surface area contributed by atoms with E-state index in [2.05, 4.69) is 18.7 Å². The summed E-state index contributed by atoms with van der Waals surface area (Å²) in [7, 11) is 0. The predicted octanol–water partition coefficient (Wildman–Crippen LogP) is 1.15. The molecule has 2 rings (SSSR count). The lowest BCUT2D eigenvalue weighted by molar-refractivity contribution is -0.0729. The highest BCUT2D eigenvalue weighted by atomic mass is 16.5. The molecule has 0 radical (unpaired) electrons. The molecule has 0 saturated carbocycles. The highest BCUT2D eigenvalue weighted by Crippen LogP contribution is 2.30. The second-order valence-corrected chi connectivity index (χ2v) is 4.96. The van der Waals surface area contributed by atoms with Gasteiger partial charge in [-0.05, 0) is 19.4 Å². The minimum Gasteiger partial charge on any atom is -0.495 e. The van der Waals surface area contributed by atoms with Crippen molar-refractivity contribution in [3.63, 3.8) is 0 Å². The zero-order valence-corrected chi connectivity index (χ0v) is 10.8. The Kier molecular flexibility index (Phi) is 4.07. The molecular formula is C13H23NO3. The molecule has 0 amide bonds. The van der Waals surface area contributed by atoms with Gasteiger partial charge in [0, 0.05) is 19.5 Å². The Morgan fingerprint density at radius 2 is 2.12 bits per heavy atom. The number of aliphatic hydroxyl groups is 1. The Morgan fingerprint density at radius 3 is 2.65 bits per heavy atom. The standard InChI is InChI=1S/C13H23NO3/c1-3-13(2,14-6-9-16-10-7-14)12(15)11-5-4-8-17-11/h5,12,15H,3-4,6-10H2,1-2H3. The quantitative estimate of drug-likeness (QED) is 0.802. The first kappa shape index (κ1) is 12.9. The number of aliphatic hydroxyl groups excluding tert-OH is 1. The number of nitrogens with zero attached hydrogens (tertiary/aromatic N) is 1. The van der Waals surface area contributed by atoms with Gasteiger partial charge in [-0.2, -0.15) is 0 Å². The summed E-state index contributed by atoms with van der Waals surface area (Å²) < 4.78 is 10.9. The number of hydrogen-bond acceptors (Lipinski definition) is 4. The van der Waals surface area contributed by atoms with E-state index in [-0.39, 0.29) is 5.54 Å². The van der Waals surface area contributed by atoms with Crippen molar-refractivity contribution in [3.8, 4) is 0 Å². The van der Waals surface area contributed by atoms with Gasteiger partial charge >= 0.3 is 0 Å². The Hall–Kier alpha value is -0.580. The van der Waals surface area contributed by atoms with E-state index in [0.717, 1.165) is 44.9 Å². The average molecular weight is 241 g/mol. The molecule has 1 N–H and O–H groups in total. The van der Waals surface area contributed by atoms with Crippen molar-refractivity contribution in [1.29, 1.82) is 0 Å². The van der Waals surface area contributed by atoms with Gasteiger partial charge in [-0.3, -0.25) is 4.90 Å². The van der Waals surface area contributed by atoms with E-state index in [0.29, 0.717) is 6.61 Å². The molecule has 0 aromatic heterocycles. The fourth-order valence-corrected chi connectivity index (χ4v) is 2.60. The second-order valence-electron chi connectivity index (χ2n) is 4.96. The summed E-state index contributed by atoms with van der Waals surface area (Å²) >= 11 is 0. The minimum absolute atomic E-state index is 0.250. The topological polar surface area (TPSA) is 41.9 Å². The van der Waals surface area contributed by atoms with Crippen LogP contribution in [0.4, 0.5) is 0 Å². The Bertz CT molecular complexity index is 286. The molecular weight excluding hydrogens is 218 g/mol. The van der Waals surface area contributed by atoms with Gasteiger partial charge in [-0.1, -0.05) is 6.92 Å². The third-order valence-electron chi connectivity index (χ3n) is 4.04. The monoisotopic (exact) mass is 241 g/mol. The highest BCUT2D eigenvalue weighted by Gasteiger charge is 2.41. The molecule has 4 heteroatoms. The van der Waals surface area contributed by atoms with Crippen LogP contribution in [-0.2, 0) is 9.47 Å². The molecule has 2 aliphatic heterocycles. The summed E-state index contributed by atoms with van der Waals surface area (Å²) in [6.45, 7) is 8.21. The number of morpholine rings is 1. The van der Waals surface area contributed by atoms with E-state index >= 15 is 0 Å². The molecule has 17 heavy (non-hydrogen) atoms. The third kappa shape index (κ3) is 2.49. The van der Waals surface area contributed by atoms with Crippen molar-refractivity contribution in [2.75, 3.05) is 32.9 Å². The maximum atomic E-state index is 10.5. The normalized spacial score (nSPS) is 27.1. The fraction of sp³-hybridized carbons (Fsp3) is 0.846. The van der Waals surface area contributed by atoms with Crippen LogP contribution in [0.3, 0.4) is 0 Å². The van der Waals surface area contributed by atoms with Gasteiger partial charge in [0.1, 0.15) is 11.9 Å².